The summed E-state index contributed by atoms with van der Waals surface area (Å²) >= 11 is 0. The maximum atomic E-state index is 14.5. The smallest absolute Gasteiger partial charge is 0.364 e. The lowest BCUT2D eigenvalue weighted by Crippen LogP contribution is -2.66. The van der Waals surface area contributed by atoms with Gasteiger partial charge in [-0.1, -0.05) is 0 Å². The van der Waals surface area contributed by atoms with E-state index in [1.807, 2.05) is 0 Å². The summed E-state index contributed by atoms with van der Waals surface area (Å²) in [5, 5.41) is 7.82. The molecule has 0 radical (unpaired) electrons. The van der Waals surface area contributed by atoms with Crippen molar-refractivity contribution in [2.24, 2.45) is 9.98 Å². The van der Waals surface area contributed by atoms with Crippen molar-refractivity contribution in [3.05, 3.63) is 53.9 Å². The number of hydrogen-bond acceptors (Lipinski definition) is 8. The monoisotopic (exact) mass is 525 g/mol. The molecule has 2 atom stereocenters. The van der Waals surface area contributed by atoms with Crippen LogP contribution in [-0.2, 0) is 16.6 Å². The topological polar surface area (TPSA) is 128 Å². The average molecular weight is 526 g/mol. The number of nitrogens with one attached hydrogen (secondary N) is 3. The molecule has 1 aromatic heterocycles. The van der Waals surface area contributed by atoms with E-state index in [4.69, 9.17) is 0 Å². The predicted molar refractivity (Wildman–Crippen MR) is 132 cm³/mol. The van der Waals surface area contributed by atoms with Crippen LogP contribution in [-0.4, -0.2) is 69.6 Å². The van der Waals surface area contributed by atoms with E-state index in [1.165, 1.54) is 49.6 Å². The predicted octanol–water partition coefficient (Wildman–Crippen LogP) is 2.17. The molecule has 0 bridgehead atoms. The van der Waals surface area contributed by atoms with Crippen molar-refractivity contribution in [2.45, 2.75) is 31.3 Å². The Bertz CT molecular complexity index is 1250. The number of aliphatic imine (C=N–C) groups is 2. The third kappa shape index (κ3) is 5.82. The first kappa shape index (κ1) is 27.1. The van der Waals surface area contributed by atoms with Gasteiger partial charge in [0.05, 0.1) is 17.6 Å². The zero-order valence-corrected chi connectivity index (χ0v) is 20.6. The van der Waals surface area contributed by atoms with E-state index >= 15 is 0 Å². The van der Waals surface area contributed by atoms with Crippen molar-refractivity contribution in [1.29, 1.82) is 0 Å². The van der Waals surface area contributed by atoms with E-state index < -0.39 is 27.9 Å². The van der Waals surface area contributed by atoms with Gasteiger partial charge < -0.3 is 10.6 Å². The third-order valence-corrected chi connectivity index (χ3v) is 6.65. The summed E-state index contributed by atoms with van der Waals surface area (Å²) in [6, 6.07) is 8.56. The molecule has 1 aliphatic rings. The van der Waals surface area contributed by atoms with Crippen LogP contribution in [0.5, 0.6) is 0 Å². The number of benzene rings is 1. The van der Waals surface area contributed by atoms with Crippen molar-refractivity contribution >= 4 is 39.9 Å². The normalized spacial score (nSPS) is 19.7. The van der Waals surface area contributed by atoms with Crippen LogP contribution in [0.4, 0.5) is 24.5 Å². The number of sulfonamides is 1. The fourth-order valence-corrected chi connectivity index (χ4v) is 4.01. The molecule has 2 aromatic rings. The van der Waals surface area contributed by atoms with Crippen LogP contribution in [0.3, 0.4) is 0 Å². The molecule has 0 spiro atoms. The first-order chi connectivity index (χ1) is 16.9. The molecular formula is C22H26F3N7O3S. The molecule has 0 fully saturated rings. The lowest BCUT2D eigenvalue weighted by atomic mass is 9.94. The molecule has 14 heteroatoms. The summed E-state index contributed by atoms with van der Waals surface area (Å²) in [6.07, 6.45) is -2.28. The number of hydrogen-bond donors (Lipinski definition) is 3. The molecular weight excluding hydrogens is 499 g/mol. The minimum absolute atomic E-state index is 0.0889. The van der Waals surface area contributed by atoms with Gasteiger partial charge in [-0.05, 0) is 43.3 Å². The Kier molecular flexibility index (Phi) is 7.99. The molecule has 0 saturated heterocycles. The number of carbonyl (C=O) groups excluding carboxylic acids is 1. The van der Waals surface area contributed by atoms with Gasteiger partial charge in [-0.15, -0.1) is 0 Å². The first-order valence-corrected chi connectivity index (χ1v) is 12.6. The second-order valence-corrected chi connectivity index (χ2v) is 9.97. The summed E-state index contributed by atoms with van der Waals surface area (Å²) < 4.78 is 68.4. The molecule has 3 rings (SSSR count). The minimum Gasteiger partial charge on any atom is -0.364 e. The van der Waals surface area contributed by atoms with Crippen LogP contribution in [0.15, 0.2) is 52.6 Å². The Morgan fingerprint density at radius 1 is 1.19 bits per heavy atom. The van der Waals surface area contributed by atoms with E-state index in [0.717, 1.165) is 23.1 Å². The van der Waals surface area contributed by atoms with Crippen LogP contribution in [0.2, 0.25) is 0 Å². The summed E-state index contributed by atoms with van der Waals surface area (Å²) in [6.45, 7) is 1.95. The van der Waals surface area contributed by atoms with Crippen LogP contribution in [0, 0.1) is 0 Å². The lowest BCUT2D eigenvalue weighted by Gasteiger charge is -2.40. The fraction of sp³-hybridized carbons (Fsp3) is 0.364. The molecule has 10 nitrogen and oxygen atoms in total. The van der Waals surface area contributed by atoms with Gasteiger partial charge in [-0.25, -0.2) is 13.4 Å². The van der Waals surface area contributed by atoms with Gasteiger partial charge in [0.2, 0.25) is 15.6 Å². The molecule has 0 aliphatic carbocycles. The Balaban J connectivity index is 1.89. The van der Waals surface area contributed by atoms with Crippen molar-refractivity contribution in [1.82, 2.24) is 15.6 Å². The van der Waals surface area contributed by atoms with Crippen LogP contribution in [0.25, 0.3) is 0 Å². The van der Waals surface area contributed by atoms with Crippen LogP contribution < -0.4 is 20.3 Å². The highest BCUT2D eigenvalue weighted by atomic mass is 32.2. The van der Waals surface area contributed by atoms with Gasteiger partial charge >= 0.3 is 6.18 Å². The maximum Gasteiger partial charge on any atom is 0.420 e. The Hall–Kier alpha value is -3.52. The quantitative estimate of drug-likeness (QED) is 0.461. The molecule has 2 heterocycles. The second-order valence-electron chi connectivity index (χ2n) is 7.95. The number of rotatable bonds is 9. The van der Waals surface area contributed by atoms with Gasteiger partial charge in [-0.3, -0.25) is 24.4 Å². The SMILES string of the molecule is CCNC(=O)c1ccc(NC2(C(F)(F)F)C=NC=NC2NCc2ncccc2N(C)S(C)(=O)=O)cc1. The zero-order chi connectivity index (χ0) is 26.6. The van der Waals surface area contributed by atoms with Gasteiger partial charge in [0.25, 0.3) is 5.91 Å². The summed E-state index contributed by atoms with van der Waals surface area (Å²) in [4.78, 5) is 23.7. The van der Waals surface area contributed by atoms with Crippen LogP contribution >= 0.6 is 0 Å². The van der Waals surface area contributed by atoms with Gasteiger partial charge in [0.15, 0.2) is 0 Å². The molecule has 0 saturated carbocycles. The number of amides is 1. The van der Waals surface area contributed by atoms with Crippen molar-refractivity contribution in [3.63, 3.8) is 0 Å². The molecule has 1 aliphatic heterocycles. The highest BCUT2D eigenvalue weighted by Crippen LogP contribution is 2.37. The Labute approximate surface area is 206 Å². The second kappa shape index (κ2) is 10.6. The number of anilines is 2. The zero-order valence-electron chi connectivity index (χ0n) is 19.7. The van der Waals surface area contributed by atoms with Gasteiger partial charge in [0.1, 0.15) is 12.5 Å². The van der Waals surface area contributed by atoms with Crippen LogP contribution in [0.1, 0.15) is 23.0 Å². The Morgan fingerprint density at radius 3 is 2.50 bits per heavy atom. The number of nitrogens with zero attached hydrogens (tertiary/aromatic N) is 4. The first-order valence-electron chi connectivity index (χ1n) is 10.8. The molecule has 1 aromatic carbocycles. The van der Waals surface area contributed by atoms with E-state index in [1.54, 1.807) is 6.92 Å². The third-order valence-electron chi connectivity index (χ3n) is 5.46. The number of carbonyl (C=O) groups is 1. The number of halogens is 3. The van der Waals surface area contributed by atoms with E-state index in [2.05, 4.69) is 30.9 Å². The molecule has 2 unspecified atom stereocenters. The standard InChI is InChI=1S/C22H26F3N7O3S/c1-4-27-19(33)15-7-9-16(10-8-15)31-21(22(23,24)25)13-26-14-30-20(21)29-12-17-18(6-5-11-28-17)32(2)36(3,34)35/h5-11,13-14,20,29,31H,4,12H2,1-3H3,(H,27,33). The summed E-state index contributed by atoms with van der Waals surface area (Å²) in [7, 11) is -2.30. The number of alkyl halides is 3. The number of pyridine rings is 1. The lowest BCUT2D eigenvalue weighted by molar-refractivity contribution is -0.165. The van der Waals surface area contributed by atoms with E-state index in [0.29, 0.717) is 12.1 Å². The highest BCUT2D eigenvalue weighted by molar-refractivity contribution is 7.92. The maximum absolute atomic E-state index is 14.5. The van der Waals surface area contributed by atoms with Gasteiger partial charge in [-0.2, -0.15) is 13.2 Å². The average Bonchev–Trinajstić information content (AvgIpc) is 2.82. The Morgan fingerprint density at radius 2 is 1.89 bits per heavy atom. The minimum atomic E-state index is -4.85. The highest BCUT2D eigenvalue weighted by Gasteiger charge is 2.60. The van der Waals surface area contributed by atoms with E-state index in [9.17, 15) is 26.4 Å². The molecule has 3 N–H and O–H groups in total. The van der Waals surface area contributed by atoms with Crippen molar-refractivity contribution in [2.75, 3.05) is 29.5 Å². The van der Waals surface area contributed by atoms with Gasteiger partial charge in [0, 0.05) is 43.8 Å². The molecule has 194 valence electrons. The molecule has 36 heavy (non-hydrogen) atoms. The fourth-order valence-electron chi connectivity index (χ4n) is 3.49. The van der Waals surface area contributed by atoms with E-state index in [-0.39, 0.29) is 29.5 Å². The summed E-state index contributed by atoms with van der Waals surface area (Å²) in [5.74, 6) is -0.344. The number of aromatic nitrogens is 1. The van der Waals surface area contributed by atoms with Crippen molar-refractivity contribution in [3.8, 4) is 0 Å². The summed E-state index contributed by atoms with van der Waals surface area (Å²) in [5.41, 5.74) is -1.93. The largest absolute Gasteiger partial charge is 0.420 e. The molecule has 1 amide bonds. The van der Waals surface area contributed by atoms with Crippen molar-refractivity contribution < 1.29 is 26.4 Å².